The molecule has 0 amide bonds. The summed E-state index contributed by atoms with van der Waals surface area (Å²) in [6, 6.07) is 1.70. The molecule has 2 nitrogen and oxygen atoms in total. The largest absolute Gasteiger partial charge is 0.506 e. The molecule has 1 rings (SSSR count). The summed E-state index contributed by atoms with van der Waals surface area (Å²) in [5.41, 5.74) is -1.38. The van der Waals surface area contributed by atoms with Gasteiger partial charge in [0.15, 0.2) is 0 Å². The molecule has 0 radical (unpaired) electrons. The molecule has 6 heteroatoms. The van der Waals surface area contributed by atoms with Gasteiger partial charge in [-0.2, -0.15) is 13.2 Å². The Labute approximate surface area is 85.5 Å². The summed E-state index contributed by atoms with van der Waals surface area (Å²) in [7, 11) is 0. The molecular formula is C8H4BrF3O2. The zero-order chi connectivity index (χ0) is 10.9. The predicted octanol–water partition coefficient (Wildman–Crippen LogP) is 2.99. The van der Waals surface area contributed by atoms with Gasteiger partial charge in [-0.15, -0.1) is 0 Å². The van der Waals surface area contributed by atoms with E-state index in [1.807, 2.05) is 0 Å². The molecule has 14 heavy (non-hydrogen) atoms. The van der Waals surface area contributed by atoms with Crippen LogP contribution in [0.1, 0.15) is 15.9 Å². The van der Waals surface area contributed by atoms with Crippen molar-refractivity contribution in [2.24, 2.45) is 0 Å². The van der Waals surface area contributed by atoms with Crippen molar-refractivity contribution in [3.8, 4) is 5.75 Å². The zero-order valence-corrected chi connectivity index (χ0v) is 8.19. The van der Waals surface area contributed by atoms with Crippen LogP contribution in [-0.2, 0) is 6.18 Å². The van der Waals surface area contributed by atoms with E-state index >= 15 is 0 Å². The first-order valence-electron chi connectivity index (χ1n) is 3.41. The van der Waals surface area contributed by atoms with E-state index in [0.29, 0.717) is 6.07 Å². The van der Waals surface area contributed by atoms with E-state index in [1.165, 1.54) is 0 Å². The minimum absolute atomic E-state index is 0.151. The normalized spacial score (nSPS) is 11.4. The monoisotopic (exact) mass is 268 g/mol. The number of carbonyl (C=O) groups excluding carboxylic acids is 1. The number of benzene rings is 1. The average Bonchev–Trinajstić information content (AvgIpc) is 2.07. The number of phenols is 1. The molecule has 0 heterocycles. The highest BCUT2D eigenvalue weighted by Gasteiger charge is 2.35. The number of hydrogen-bond acceptors (Lipinski definition) is 2. The Morgan fingerprint density at radius 2 is 1.93 bits per heavy atom. The summed E-state index contributed by atoms with van der Waals surface area (Å²) < 4.78 is 36.6. The fraction of sp³-hybridized carbons (Fsp3) is 0.125. The molecular weight excluding hydrogens is 265 g/mol. The maximum absolute atomic E-state index is 12.2. The van der Waals surface area contributed by atoms with Crippen molar-refractivity contribution >= 4 is 22.2 Å². The molecule has 1 aromatic carbocycles. The van der Waals surface area contributed by atoms with E-state index in [0.717, 1.165) is 6.07 Å². The fourth-order valence-corrected chi connectivity index (χ4v) is 1.38. The SMILES string of the molecule is O=Cc1cc(Br)c(O)c(C(F)(F)F)c1. The molecule has 0 spiro atoms. The van der Waals surface area contributed by atoms with Gasteiger partial charge in [-0.25, -0.2) is 0 Å². The van der Waals surface area contributed by atoms with Crippen molar-refractivity contribution < 1.29 is 23.1 Å². The Balaban J connectivity index is 3.42. The molecule has 1 N–H and O–H groups in total. The van der Waals surface area contributed by atoms with Crippen molar-refractivity contribution in [2.75, 3.05) is 0 Å². The minimum Gasteiger partial charge on any atom is -0.506 e. The fourth-order valence-electron chi connectivity index (χ4n) is 0.904. The Morgan fingerprint density at radius 1 is 1.36 bits per heavy atom. The van der Waals surface area contributed by atoms with E-state index in [9.17, 15) is 18.0 Å². The molecule has 0 atom stereocenters. The molecule has 0 saturated heterocycles. The number of aromatic hydroxyl groups is 1. The maximum atomic E-state index is 12.2. The Kier molecular flexibility index (Phi) is 2.84. The second-order valence-corrected chi connectivity index (χ2v) is 3.37. The Hall–Kier alpha value is -1.04. The Morgan fingerprint density at radius 3 is 2.36 bits per heavy atom. The van der Waals surface area contributed by atoms with Gasteiger partial charge in [0.25, 0.3) is 0 Å². The molecule has 0 aliphatic heterocycles. The van der Waals surface area contributed by atoms with Gasteiger partial charge >= 0.3 is 6.18 Å². The summed E-state index contributed by atoms with van der Waals surface area (Å²) >= 11 is 2.72. The van der Waals surface area contributed by atoms with Crippen molar-refractivity contribution in [3.05, 3.63) is 27.7 Å². The number of halogens is 4. The van der Waals surface area contributed by atoms with Gasteiger partial charge in [-0.1, -0.05) is 0 Å². The van der Waals surface area contributed by atoms with Crippen LogP contribution < -0.4 is 0 Å². The molecule has 0 aliphatic carbocycles. The van der Waals surface area contributed by atoms with Gasteiger partial charge in [0.2, 0.25) is 0 Å². The summed E-state index contributed by atoms with van der Waals surface area (Å²) in [6.45, 7) is 0. The van der Waals surface area contributed by atoms with Crippen LogP contribution in [-0.4, -0.2) is 11.4 Å². The zero-order valence-electron chi connectivity index (χ0n) is 6.60. The van der Waals surface area contributed by atoms with Gasteiger partial charge in [0.1, 0.15) is 12.0 Å². The predicted molar refractivity (Wildman–Crippen MR) is 46.2 cm³/mol. The minimum atomic E-state index is -4.67. The first kappa shape index (κ1) is 11.0. The summed E-state index contributed by atoms with van der Waals surface area (Å²) in [5.74, 6) is -0.914. The molecule has 76 valence electrons. The van der Waals surface area contributed by atoms with Crippen LogP contribution in [0.4, 0.5) is 13.2 Å². The molecule has 0 bridgehead atoms. The van der Waals surface area contributed by atoms with E-state index in [-0.39, 0.29) is 16.3 Å². The van der Waals surface area contributed by atoms with Crippen LogP contribution in [0.2, 0.25) is 0 Å². The number of rotatable bonds is 1. The number of hydrogen-bond donors (Lipinski definition) is 1. The van der Waals surface area contributed by atoms with E-state index < -0.39 is 17.5 Å². The highest BCUT2D eigenvalue weighted by molar-refractivity contribution is 9.10. The van der Waals surface area contributed by atoms with Crippen LogP contribution in [0.15, 0.2) is 16.6 Å². The van der Waals surface area contributed by atoms with Crippen LogP contribution in [0.25, 0.3) is 0 Å². The number of carbonyl (C=O) groups is 1. The van der Waals surface area contributed by atoms with Crippen LogP contribution in [0, 0.1) is 0 Å². The van der Waals surface area contributed by atoms with Crippen molar-refractivity contribution in [1.82, 2.24) is 0 Å². The summed E-state index contributed by atoms with van der Waals surface area (Å²) in [5, 5.41) is 9.07. The second-order valence-electron chi connectivity index (χ2n) is 2.51. The quantitative estimate of drug-likeness (QED) is 0.796. The van der Waals surface area contributed by atoms with Crippen LogP contribution in [0.5, 0.6) is 5.75 Å². The van der Waals surface area contributed by atoms with Gasteiger partial charge < -0.3 is 5.11 Å². The average molecular weight is 269 g/mol. The Bertz CT molecular complexity index is 374. The van der Waals surface area contributed by atoms with Gasteiger partial charge in [-0.3, -0.25) is 4.79 Å². The standard InChI is InChI=1S/C8H4BrF3O2/c9-6-2-4(3-13)1-5(7(6)14)8(10,11)12/h1-3,14H. The topological polar surface area (TPSA) is 37.3 Å². The molecule has 0 aliphatic rings. The summed E-state index contributed by atoms with van der Waals surface area (Å²) in [6.07, 6.45) is -4.40. The van der Waals surface area contributed by atoms with Crippen molar-refractivity contribution in [3.63, 3.8) is 0 Å². The van der Waals surface area contributed by atoms with Crippen LogP contribution in [0.3, 0.4) is 0 Å². The third kappa shape index (κ3) is 2.06. The first-order chi connectivity index (χ1) is 6.36. The van der Waals surface area contributed by atoms with Gasteiger partial charge in [0.05, 0.1) is 10.0 Å². The van der Waals surface area contributed by atoms with Gasteiger partial charge in [0, 0.05) is 5.56 Å². The third-order valence-electron chi connectivity index (χ3n) is 1.53. The lowest BCUT2D eigenvalue weighted by Gasteiger charge is -2.10. The van der Waals surface area contributed by atoms with Crippen molar-refractivity contribution in [1.29, 1.82) is 0 Å². The highest BCUT2D eigenvalue weighted by Crippen LogP contribution is 2.40. The molecule has 0 aromatic heterocycles. The van der Waals surface area contributed by atoms with Crippen LogP contribution >= 0.6 is 15.9 Å². The maximum Gasteiger partial charge on any atom is 0.420 e. The van der Waals surface area contributed by atoms with Crippen molar-refractivity contribution in [2.45, 2.75) is 6.18 Å². The molecule has 0 unspecified atom stereocenters. The van der Waals surface area contributed by atoms with E-state index in [4.69, 9.17) is 5.11 Å². The summed E-state index contributed by atoms with van der Waals surface area (Å²) in [4.78, 5) is 10.3. The van der Waals surface area contributed by atoms with E-state index in [1.54, 1.807) is 0 Å². The molecule has 0 fully saturated rings. The van der Waals surface area contributed by atoms with Gasteiger partial charge in [-0.05, 0) is 28.1 Å². The lowest BCUT2D eigenvalue weighted by molar-refractivity contribution is -0.138. The van der Waals surface area contributed by atoms with E-state index in [2.05, 4.69) is 15.9 Å². The number of alkyl halides is 3. The number of aldehydes is 1. The lowest BCUT2D eigenvalue weighted by Crippen LogP contribution is -2.06. The number of phenolic OH excluding ortho intramolecular Hbond substituents is 1. The molecule has 0 saturated carbocycles. The smallest absolute Gasteiger partial charge is 0.420 e. The highest BCUT2D eigenvalue weighted by atomic mass is 79.9. The third-order valence-corrected chi connectivity index (χ3v) is 2.13. The first-order valence-corrected chi connectivity index (χ1v) is 4.20. The lowest BCUT2D eigenvalue weighted by atomic mass is 10.1. The second kappa shape index (κ2) is 3.61. The molecule has 1 aromatic rings.